The molecule has 0 aromatic heterocycles. The first-order valence-electron chi connectivity index (χ1n) is 2.44. The van der Waals surface area contributed by atoms with E-state index < -0.39 is 5.82 Å². The first-order chi connectivity index (χ1) is 4.20. The quantitative estimate of drug-likeness (QED) is 0.491. The fourth-order valence-corrected chi connectivity index (χ4v) is 0.516. The molecule has 0 aliphatic heterocycles. The normalized spacial score (nSPS) is 9.44. The monoisotopic (exact) mass is 122 g/mol. The van der Waals surface area contributed by atoms with Crippen LogP contribution in [0.2, 0.25) is 0 Å². The van der Waals surface area contributed by atoms with E-state index in [9.17, 15) is 4.39 Å². The maximum absolute atomic E-state index is 12.3. The highest BCUT2D eigenvalue weighted by molar-refractivity contribution is 6.32. The number of rotatable bonds is 0. The molecular weight excluding hydrogens is 118 g/mol. The van der Waals surface area contributed by atoms with E-state index in [0.29, 0.717) is 0 Å². The largest absolute Gasteiger partial charge is 0.508 e. The van der Waals surface area contributed by atoms with Crippen LogP contribution >= 0.6 is 0 Å². The topological polar surface area (TPSA) is 20.2 Å². The molecule has 0 atom stereocenters. The zero-order valence-corrected chi connectivity index (χ0v) is 4.63. The number of hydrogen-bond donors (Lipinski definition) is 1. The Labute approximate surface area is 53.5 Å². The van der Waals surface area contributed by atoms with Gasteiger partial charge in [0.2, 0.25) is 0 Å². The Morgan fingerprint density at radius 3 is 2.56 bits per heavy atom. The van der Waals surface area contributed by atoms with Gasteiger partial charge in [0.15, 0.2) is 0 Å². The van der Waals surface area contributed by atoms with Crippen molar-refractivity contribution in [2.75, 3.05) is 0 Å². The van der Waals surface area contributed by atoms with Gasteiger partial charge in [-0.15, -0.1) is 0 Å². The maximum atomic E-state index is 12.3. The highest BCUT2D eigenvalue weighted by atomic mass is 19.1. The first-order valence-corrected chi connectivity index (χ1v) is 2.44. The summed E-state index contributed by atoms with van der Waals surface area (Å²) in [5.74, 6) is -0.697. The Morgan fingerprint density at radius 1 is 1.44 bits per heavy atom. The van der Waals surface area contributed by atoms with Crippen molar-refractivity contribution in [2.24, 2.45) is 0 Å². The van der Waals surface area contributed by atoms with Crippen LogP contribution in [-0.2, 0) is 0 Å². The maximum Gasteiger partial charge on any atom is 0.119 e. The summed E-state index contributed by atoms with van der Waals surface area (Å²) in [4.78, 5) is 0. The second-order valence-corrected chi connectivity index (χ2v) is 1.71. The minimum absolute atomic E-state index is 0.0489. The summed E-state index contributed by atoms with van der Waals surface area (Å²) < 4.78 is 12.3. The van der Waals surface area contributed by atoms with E-state index in [-0.39, 0.29) is 11.2 Å². The van der Waals surface area contributed by atoms with Gasteiger partial charge in [0.1, 0.15) is 19.4 Å². The summed E-state index contributed by atoms with van der Waals surface area (Å²) in [7, 11) is 5.10. The van der Waals surface area contributed by atoms with Crippen molar-refractivity contribution in [3.05, 3.63) is 24.0 Å². The van der Waals surface area contributed by atoms with E-state index >= 15 is 0 Å². The van der Waals surface area contributed by atoms with Crippen molar-refractivity contribution in [1.82, 2.24) is 0 Å². The van der Waals surface area contributed by atoms with Gasteiger partial charge in [0.25, 0.3) is 0 Å². The molecule has 0 aliphatic rings. The number of aromatic hydroxyl groups is 1. The molecule has 2 radical (unpaired) electrons. The molecule has 0 bridgehead atoms. The minimum Gasteiger partial charge on any atom is -0.508 e. The Morgan fingerprint density at radius 2 is 2.11 bits per heavy atom. The van der Waals surface area contributed by atoms with Gasteiger partial charge in [-0.05, 0) is 6.07 Å². The summed E-state index contributed by atoms with van der Waals surface area (Å²) in [6.45, 7) is 0. The van der Waals surface area contributed by atoms with Gasteiger partial charge in [-0.1, -0.05) is 11.5 Å². The van der Waals surface area contributed by atoms with E-state index in [1.54, 1.807) is 0 Å². The van der Waals surface area contributed by atoms with E-state index in [0.717, 1.165) is 6.07 Å². The number of halogens is 1. The fraction of sp³-hybridized carbons (Fsp3) is 0. The van der Waals surface area contributed by atoms with Crippen molar-refractivity contribution < 1.29 is 9.50 Å². The van der Waals surface area contributed by atoms with Crippen molar-refractivity contribution in [3.63, 3.8) is 0 Å². The predicted octanol–water partition coefficient (Wildman–Crippen LogP) is 0.325. The molecule has 0 aliphatic carbocycles. The standard InChI is InChI=1S/C6H4BFO/c7-5-2-1-4(9)3-6(5)8/h1-3,9H. The van der Waals surface area contributed by atoms with Crippen LogP contribution in [0.25, 0.3) is 0 Å². The third kappa shape index (κ3) is 1.22. The van der Waals surface area contributed by atoms with E-state index in [1.807, 2.05) is 0 Å². The lowest BCUT2D eigenvalue weighted by atomic mass is 9.96. The summed E-state index contributed by atoms with van der Waals surface area (Å²) in [5.41, 5.74) is 0.0489. The van der Waals surface area contributed by atoms with Crippen LogP contribution in [0.3, 0.4) is 0 Å². The lowest BCUT2D eigenvalue weighted by Crippen LogP contribution is -2.06. The van der Waals surface area contributed by atoms with Crippen LogP contribution in [0.1, 0.15) is 0 Å². The molecule has 0 amide bonds. The van der Waals surface area contributed by atoms with Gasteiger partial charge in [0.05, 0.1) is 0 Å². The molecule has 0 saturated heterocycles. The smallest absolute Gasteiger partial charge is 0.119 e. The molecule has 1 aromatic rings. The number of phenolic OH excluding ortho intramolecular Hbond substituents is 1. The predicted molar refractivity (Wildman–Crippen MR) is 33.5 cm³/mol. The minimum atomic E-state index is -0.588. The number of phenols is 1. The highest BCUT2D eigenvalue weighted by Gasteiger charge is 1.94. The second-order valence-electron chi connectivity index (χ2n) is 1.71. The molecule has 0 spiro atoms. The fourth-order valence-electron chi connectivity index (χ4n) is 0.516. The lowest BCUT2D eigenvalue weighted by molar-refractivity contribution is 0.470. The van der Waals surface area contributed by atoms with Gasteiger partial charge < -0.3 is 5.11 Å². The third-order valence-electron chi connectivity index (χ3n) is 0.984. The molecule has 3 heteroatoms. The summed E-state index contributed by atoms with van der Waals surface area (Å²) >= 11 is 0. The van der Waals surface area contributed by atoms with E-state index in [4.69, 9.17) is 13.0 Å². The Hall–Kier alpha value is -0.985. The molecule has 1 aromatic carbocycles. The number of hydrogen-bond acceptors (Lipinski definition) is 1. The highest BCUT2D eigenvalue weighted by Crippen LogP contribution is 2.05. The zero-order chi connectivity index (χ0) is 6.85. The van der Waals surface area contributed by atoms with Crippen LogP contribution < -0.4 is 5.46 Å². The molecule has 1 nitrogen and oxygen atoms in total. The van der Waals surface area contributed by atoms with Crippen molar-refractivity contribution >= 4 is 13.3 Å². The van der Waals surface area contributed by atoms with Crippen LogP contribution in [0.15, 0.2) is 18.2 Å². The number of benzene rings is 1. The Bertz CT molecular complexity index is 224. The SMILES string of the molecule is [B]c1ccc(O)cc1F. The summed E-state index contributed by atoms with van der Waals surface area (Å²) in [5, 5.41) is 8.64. The molecule has 9 heavy (non-hydrogen) atoms. The summed E-state index contributed by atoms with van der Waals surface area (Å²) in [6.07, 6.45) is 0. The van der Waals surface area contributed by atoms with Gasteiger partial charge >= 0.3 is 0 Å². The van der Waals surface area contributed by atoms with Crippen molar-refractivity contribution in [2.45, 2.75) is 0 Å². The van der Waals surface area contributed by atoms with Crippen molar-refractivity contribution in [3.8, 4) is 5.75 Å². The average Bonchev–Trinajstić information content (AvgIpc) is 1.80. The molecule has 0 heterocycles. The first kappa shape index (κ1) is 6.14. The second kappa shape index (κ2) is 2.09. The van der Waals surface area contributed by atoms with Crippen LogP contribution in [-0.4, -0.2) is 13.0 Å². The van der Waals surface area contributed by atoms with Crippen molar-refractivity contribution in [1.29, 1.82) is 0 Å². The molecule has 0 unspecified atom stereocenters. The molecule has 1 N–H and O–H groups in total. The average molecular weight is 122 g/mol. The summed E-state index contributed by atoms with van der Waals surface area (Å²) in [6, 6.07) is 3.61. The van der Waals surface area contributed by atoms with Crippen LogP contribution in [0.5, 0.6) is 5.75 Å². The van der Waals surface area contributed by atoms with Crippen LogP contribution in [0.4, 0.5) is 4.39 Å². The van der Waals surface area contributed by atoms with Gasteiger partial charge in [0, 0.05) is 6.07 Å². The van der Waals surface area contributed by atoms with Gasteiger partial charge in [-0.2, -0.15) is 0 Å². The molecule has 1 rings (SSSR count). The zero-order valence-electron chi connectivity index (χ0n) is 4.63. The molecule has 44 valence electrons. The van der Waals surface area contributed by atoms with Gasteiger partial charge in [-0.3, -0.25) is 0 Å². The Balaban J connectivity index is 3.17. The Kier molecular flexibility index (Phi) is 1.43. The van der Waals surface area contributed by atoms with E-state index in [1.165, 1.54) is 12.1 Å². The third-order valence-corrected chi connectivity index (χ3v) is 0.984. The molecular formula is C6H4BFO. The van der Waals surface area contributed by atoms with Crippen LogP contribution in [0, 0.1) is 5.82 Å². The van der Waals surface area contributed by atoms with E-state index in [2.05, 4.69) is 0 Å². The lowest BCUT2D eigenvalue weighted by Gasteiger charge is -1.94. The van der Waals surface area contributed by atoms with Gasteiger partial charge in [-0.25, -0.2) is 4.39 Å². The molecule has 0 fully saturated rings. The molecule has 0 saturated carbocycles.